The summed E-state index contributed by atoms with van der Waals surface area (Å²) in [6.07, 6.45) is 3.33. The highest BCUT2D eigenvalue weighted by molar-refractivity contribution is 7.99. The quantitative estimate of drug-likeness (QED) is 0.862. The molecule has 1 N–H and O–H groups in total. The molecule has 0 radical (unpaired) electrons. The van der Waals surface area contributed by atoms with E-state index in [1.807, 2.05) is 25.1 Å². The molecule has 6 heteroatoms. The topological polar surface area (TPSA) is 50.7 Å². The lowest BCUT2D eigenvalue weighted by molar-refractivity contribution is 1.01. The van der Waals surface area contributed by atoms with Crippen molar-refractivity contribution in [2.75, 3.05) is 11.9 Å². The Balaban J connectivity index is 2.22. The number of pyridine rings is 1. The lowest BCUT2D eigenvalue weighted by atomic mass is 10.5. The minimum atomic E-state index is 0.530. The van der Waals surface area contributed by atoms with Crippen molar-refractivity contribution in [3.8, 4) is 0 Å². The third kappa shape index (κ3) is 3.31. The van der Waals surface area contributed by atoms with Gasteiger partial charge >= 0.3 is 0 Å². The second kappa shape index (κ2) is 5.84. The molecule has 2 aromatic heterocycles. The number of halogens is 1. The second-order valence-corrected chi connectivity index (χ2v) is 4.56. The Labute approximate surface area is 109 Å². The van der Waals surface area contributed by atoms with Gasteiger partial charge in [-0.2, -0.15) is 0 Å². The van der Waals surface area contributed by atoms with Gasteiger partial charge in [-0.15, -0.1) is 0 Å². The van der Waals surface area contributed by atoms with Crippen molar-refractivity contribution in [3.05, 3.63) is 35.6 Å². The predicted octanol–water partition coefficient (Wildman–Crippen LogP) is 3.11. The van der Waals surface area contributed by atoms with Crippen LogP contribution >= 0.6 is 23.4 Å². The molecule has 0 aliphatic carbocycles. The lowest BCUT2D eigenvalue weighted by Gasteiger charge is -2.05. The van der Waals surface area contributed by atoms with Gasteiger partial charge in [-0.25, -0.2) is 15.0 Å². The van der Waals surface area contributed by atoms with Crippen LogP contribution in [0.2, 0.25) is 5.02 Å². The minimum absolute atomic E-state index is 0.530. The van der Waals surface area contributed by atoms with E-state index in [0.717, 1.165) is 11.6 Å². The van der Waals surface area contributed by atoms with E-state index in [0.29, 0.717) is 16.0 Å². The molecule has 0 bridgehead atoms. The molecule has 0 aromatic carbocycles. The Hall–Kier alpha value is -1.33. The Morgan fingerprint density at radius 3 is 2.94 bits per heavy atom. The first-order valence-electron chi connectivity index (χ1n) is 5.15. The average Bonchev–Trinajstić information content (AvgIpc) is 2.35. The molecule has 0 amide bonds. The smallest absolute Gasteiger partial charge is 0.223 e. The Bertz CT molecular complexity index is 492. The van der Waals surface area contributed by atoms with E-state index in [9.17, 15) is 0 Å². The van der Waals surface area contributed by atoms with E-state index in [-0.39, 0.29) is 0 Å². The van der Waals surface area contributed by atoms with Crippen molar-refractivity contribution in [2.45, 2.75) is 17.0 Å². The molecule has 88 valence electrons. The van der Waals surface area contributed by atoms with Crippen LogP contribution in [0, 0.1) is 0 Å². The standard InChI is InChI=1S/C11H11ClN4S/c1-2-13-11-15-7-8(12)10(16-11)17-9-5-3-4-6-14-9/h3-7H,2H2,1H3,(H,13,15,16). The molecule has 0 spiro atoms. The fraction of sp³-hybridized carbons (Fsp3) is 0.182. The van der Waals surface area contributed by atoms with Crippen LogP contribution in [0.5, 0.6) is 0 Å². The molecule has 17 heavy (non-hydrogen) atoms. The molecular formula is C11H11ClN4S. The van der Waals surface area contributed by atoms with Crippen molar-refractivity contribution in [1.82, 2.24) is 15.0 Å². The highest BCUT2D eigenvalue weighted by Gasteiger charge is 2.07. The molecule has 0 saturated carbocycles. The second-order valence-electron chi connectivity index (χ2n) is 3.15. The summed E-state index contributed by atoms with van der Waals surface area (Å²) in [7, 11) is 0. The van der Waals surface area contributed by atoms with Crippen molar-refractivity contribution in [2.24, 2.45) is 0 Å². The van der Waals surface area contributed by atoms with Crippen LogP contribution in [0.15, 0.2) is 40.6 Å². The number of rotatable bonds is 4. The maximum absolute atomic E-state index is 6.04. The largest absolute Gasteiger partial charge is 0.354 e. The van der Waals surface area contributed by atoms with Gasteiger partial charge in [0.2, 0.25) is 5.95 Å². The van der Waals surface area contributed by atoms with Crippen LogP contribution < -0.4 is 5.32 Å². The Kier molecular flexibility index (Phi) is 4.17. The Morgan fingerprint density at radius 2 is 2.24 bits per heavy atom. The summed E-state index contributed by atoms with van der Waals surface area (Å²) in [4.78, 5) is 12.6. The van der Waals surface area contributed by atoms with Gasteiger partial charge in [0.05, 0.1) is 11.2 Å². The summed E-state index contributed by atoms with van der Waals surface area (Å²) < 4.78 is 0. The highest BCUT2D eigenvalue weighted by Crippen LogP contribution is 2.30. The Morgan fingerprint density at radius 1 is 1.35 bits per heavy atom. The monoisotopic (exact) mass is 266 g/mol. The number of aromatic nitrogens is 3. The van der Waals surface area contributed by atoms with Crippen molar-refractivity contribution < 1.29 is 0 Å². The molecule has 2 heterocycles. The molecule has 2 aromatic rings. The van der Waals surface area contributed by atoms with Gasteiger partial charge in [-0.1, -0.05) is 17.7 Å². The summed E-state index contributed by atoms with van der Waals surface area (Å²) in [5.74, 6) is 0.579. The van der Waals surface area contributed by atoms with Gasteiger partial charge in [0, 0.05) is 12.7 Å². The molecule has 0 aliphatic rings. The highest BCUT2D eigenvalue weighted by atomic mass is 35.5. The maximum Gasteiger partial charge on any atom is 0.223 e. The number of nitrogens with zero attached hydrogens (tertiary/aromatic N) is 3. The summed E-state index contributed by atoms with van der Waals surface area (Å²) in [5, 5.41) is 5.14. The summed E-state index contributed by atoms with van der Waals surface area (Å²) in [6.45, 7) is 2.76. The first-order chi connectivity index (χ1) is 8.29. The van der Waals surface area contributed by atoms with E-state index in [2.05, 4.69) is 20.3 Å². The summed E-state index contributed by atoms with van der Waals surface area (Å²) >= 11 is 7.46. The van der Waals surface area contributed by atoms with Gasteiger partial charge in [-0.05, 0) is 30.8 Å². The zero-order valence-electron chi connectivity index (χ0n) is 9.22. The van der Waals surface area contributed by atoms with Crippen LogP contribution in [0.1, 0.15) is 6.92 Å². The summed E-state index contributed by atoms with van der Waals surface area (Å²) in [5.41, 5.74) is 0. The number of anilines is 1. The zero-order valence-corrected chi connectivity index (χ0v) is 10.8. The van der Waals surface area contributed by atoms with Crippen LogP contribution in [0.4, 0.5) is 5.95 Å². The normalized spacial score (nSPS) is 10.2. The van der Waals surface area contributed by atoms with E-state index in [1.165, 1.54) is 11.8 Å². The first kappa shape index (κ1) is 12.1. The van der Waals surface area contributed by atoms with Gasteiger partial charge in [0.25, 0.3) is 0 Å². The molecule has 0 aliphatic heterocycles. The molecule has 0 atom stereocenters. The van der Waals surface area contributed by atoms with Crippen LogP contribution in [0.25, 0.3) is 0 Å². The third-order valence-corrected chi connectivity index (χ3v) is 3.23. The molecule has 4 nitrogen and oxygen atoms in total. The van der Waals surface area contributed by atoms with Gasteiger partial charge in [0.15, 0.2) is 0 Å². The summed E-state index contributed by atoms with van der Waals surface area (Å²) in [6, 6.07) is 5.71. The third-order valence-electron chi connectivity index (χ3n) is 1.89. The fourth-order valence-corrected chi connectivity index (χ4v) is 2.12. The first-order valence-corrected chi connectivity index (χ1v) is 6.34. The van der Waals surface area contributed by atoms with Crippen molar-refractivity contribution in [1.29, 1.82) is 0 Å². The molecule has 0 saturated heterocycles. The maximum atomic E-state index is 6.04. The van der Waals surface area contributed by atoms with Gasteiger partial charge in [0.1, 0.15) is 10.1 Å². The SMILES string of the molecule is CCNc1ncc(Cl)c(Sc2ccccn2)n1. The van der Waals surface area contributed by atoms with E-state index < -0.39 is 0 Å². The van der Waals surface area contributed by atoms with Crippen LogP contribution in [-0.2, 0) is 0 Å². The molecule has 0 unspecified atom stereocenters. The van der Waals surface area contributed by atoms with Crippen molar-refractivity contribution in [3.63, 3.8) is 0 Å². The zero-order chi connectivity index (χ0) is 12.1. The molecule has 0 fully saturated rings. The minimum Gasteiger partial charge on any atom is -0.354 e. The lowest BCUT2D eigenvalue weighted by Crippen LogP contribution is -2.02. The van der Waals surface area contributed by atoms with Crippen molar-refractivity contribution >= 4 is 29.3 Å². The average molecular weight is 267 g/mol. The van der Waals surface area contributed by atoms with E-state index in [4.69, 9.17) is 11.6 Å². The van der Waals surface area contributed by atoms with Crippen LogP contribution in [0.3, 0.4) is 0 Å². The number of hydrogen-bond acceptors (Lipinski definition) is 5. The van der Waals surface area contributed by atoms with Gasteiger partial charge < -0.3 is 5.32 Å². The van der Waals surface area contributed by atoms with E-state index >= 15 is 0 Å². The fourth-order valence-electron chi connectivity index (χ4n) is 1.17. The molecule has 2 rings (SSSR count). The number of hydrogen-bond donors (Lipinski definition) is 1. The molecular weight excluding hydrogens is 256 g/mol. The van der Waals surface area contributed by atoms with Gasteiger partial charge in [-0.3, -0.25) is 0 Å². The van der Waals surface area contributed by atoms with E-state index in [1.54, 1.807) is 12.4 Å². The van der Waals surface area contributed by atoms with Crippen LogP contribution in [-0.4, -0.2) is 21.5 Å². The number of nitrogens with one attached hydrogen (secondary N) is 1. The predicted molar refractivity (Wildman–Crippen MR) is 69.6 cm³/mol.